The third kappa shape index (κ3) is 4.79. The van der Waals surface area contributed by atoms with Gasteiger partial charge in [-0.05, 0) is 102 Å². The lowest BCUT2D eigenvalue weighted by atomic mass is 9.81. The summed E-state index contributed by atoms with van der Waals surface area (Å²) in [5.74, 6) is 0.721. The summed E-state index contributed by atoms with van der Waals surface area (Å²) in [5.41, 5.74) is 12.8. The average molecular weight is 651 g/mol. The van der Waals surface area contributed by atoms with E-state index in [1.807, 2.05) is 6.07 Å². The molecule has 1 aliphatic carbocycles. The second-order valence-electron chi connectivity index (χ2n) is 14.2. The van der Waals surface area contributed by atoms with Gasteiger partial charge in [-0.3, -0.25) is 0 Å². The maximum Gasteiger partial charge on any atom is 0.161 e. The van der Waals surface area contributed by atoms with Crippen LogP contribution in [0.15, 0.2) is 170 Å². The van der Waals surface area contributed by atoms with Crippen LogP contribution in [0.3, 0.4) is 0 Å². The van der Waals surface area contributed by atoms with Crippen LogP contribution in [-0.2, 0) is 5.41 Å². The van der Waals surface area contributed by atoms with E-state index >= 15 is 0 Å². The molecule has 0 saturated heterocycles. The van der Waals surface area contributed by atoms with Gasteiger partial charge >= 0.3 is 0 Å². The first-order valence-corrected chi connectivity index (χ1v) is 17.7. The van der Waals surface area contributed by atoms with Gasteiger partial charge in [-0.15, -0.1) is 0 Å². The molecule has 1 heterocycles. The molecular formula is C49H34N2. The van der Waals surface area contributed by atoms with E-state index in [1.54, 1.807) is 0 Å². The number of rotatable bonds is 4. The quantitative estimate of drug-likeness (QED) is 0.189. The molecule has 0 fully saturated rings. The van der Waals surface area contributed by atoms with Crippen LogP contribution < -0.4 is 0 Å². The molecule has 10 rings (SSSR count). The van der Waals surface area contributed by atoms with Gasteiger partial charge in [0, 0.05) is 22.1 Å². The summed E-state index contributed by atoms with van der Waals surface area (Å²) in [6, 6.07) is 61.3. The van der Waals surface area contributed by atoms with Crippen molar-refractivity contribution in [3.8, 4) is 56.2 Å². The lowest BCUT2D eigenvalue weighted by Crippen LogP contribution is -2.14. The smallest absolute Gasteiger partial charge is 0.161 e. The van der Waals surface area contributed by atoms with Gasteiger partial charge in [-0.25, -0.2) is 9.97 Å². The number of hydrogen-bond donors (Lipinski definition) is 0. The number of aromatic nitrogens is 2. The molecular weight excluding hydrogens is 617 g/mol. The predicted octanol–water partition coefficient (Wildman–Crippen LogP) is 12.9. The summed E-state index contributed by atoms with van der Waals surface area (Å²) in [6.07, 6.45) is 0. The zero-order chi connectivity index (χ0) is 34.1. The van der Waals surface area contributed by atoms with Crippen LogP contribution in [0.5, 0.6) is 0 Å². The molecule has 0 N–H and O–H groups in total. The first kappa shape index (κ1) is 29.5. The lowest BCUT2D eigenvalue weighted by Gasteiger charge is -2.22. The van der Waals surface area contributed by atoms with Crippen molar-refractivity contribution >= 4 is 32.3 Å². The van der Waals surface area contributed by atoms with Crippen molar-refractivity contribution in [2.45, 2.75) is 19.3 Å². The molecule has 1 aromatic heterocycles. The highest BCUT2D eigenvalue weighted by atomic mass is 14.9. The van der Waals surface area contributed by atoms with E-state index < -0.39 is 0 Å². The third-order valence-electron chi connectivity index (χ3n) is 10.9. The summed E-state index contributed by atoms with van der Waals surface area (Å²) in [5, 5.41) is 7.30. The minimum absolute atomic E-state index is 0.0665. The fourth-order valence-electron chi connectivity index (χ4n) is 8.17. The summed E-state index contributed by atoms with van der Waals surface area (Å²) < 4.78 is 0. The summed E-state index contributed by atoms with van der Waals surface area (Å²) in [4.78, 5) is 10.5. The summed E-state index contributed by atoms with van der Waals surface area (Å²) >= 11 is 0. The van der Waals surface area contributed by atoms with Gasteiger partial charge < -0.3 is 0 Å². The number of fused-ring (bicyclic) bond motifs is 6. The van der Waals surface area contributed by atoms with E-state index in [9.17, 15) is 0 Å². The molecule has 240 valence electrons. The lowest BCUT2D eigenvalue weighted by molar-refractivity contribution is 0.661. The first-order valence-electron chi connectivity index (χ1n) is 17.7. The Bertz CT molecular complexity index is 2830. The van der Waals surface area contributed by atoms with Gasteiger partial charge in [0.2, 0.25) is 0 Å². The van der Waals surface area contributed by atoms with Gasteiger partial charge in [0.1, 0.15) is 0 Å². The van der Waals surface area contributed by atoms with Crippen molar-refractivity contribution in [2.24, 2.45) is 0 Å². The van der Waals surface area contributed by atoms with Crippen LogP contribution in [0.1, 0.15) is 25.0 Å². The van der Waals surface area contributed by atoms with E-state index in [0.717, 1.165) is 39.3 Å². The first-order chi connectivity index (χ1) is 25.0. The van der Waals surface area contributed by atoms with Crippen LogP contribution >= 0.6 is 0 Å². The molecule has 8 aromatic carbocycles. The summed E-state index contributed by atoms with van der Waals surface area (Å²) in [6.45, 7) is 4.71. The molecule has 0 unspecified atom stereocenters. The highest BCUT2D eigenvalue weighted by Crippen LogP contribution is 2.51. The fourth-order valence-corrected chi connectivity index (χ4v) is 8.17. The molecule has 0 atom stereocenters. The molecule has 1 aliphatic rings. The van der Waals surface area contributed by atoms with Gasteiger partial charge in [-0.2, -0.15) is 0 Å². The highest BCUT2D eigenvalue weighted by molar-refractivity contribution is 6.05. The van der Waals surface area contributed by atoms with Gasteiger partial charge in [0.15, 0.2) is 5.82 Å². The molecule has 0 saturated carbocycles. The average Bonchev–Trinajstić information content (AvgIpc) is 3.41. The molecule has 0 aliphatic heterocycles. The van der Waals surface area contributed by atoms with Crippen molar-refractivity contribution in [1.82, 2.24) is 9.97 Å². The third-order valence-corrected chi connectivity index (χ3v) is 10.9. The van der Waals surface area contributed by atoms with Crippen LogP contribution in [0, 0.1) is 0 Å². The molecule has 0 spiro atoms. The van der Waals surface area contributed by atoms with E-state index in [2.05, 4.69) is 178 Å². The Hall–Kier alpha value is -6.38. The topological polar surface area (TPSA) is 25.8 Å². The van der Waals surface area contributed by atoms with Crippen molar-refractivity contribution in [3.63, 3.8) is 0 Å². The molecule has 9 aromatic rings. The molecule has 2 heteroatoms. The molecule has 2 nitrogen and oxygen atoms in total. The SMILES string of the molecule is CC1(C)c2ccc(-c3ccc(-c4nc(-c5ccccc5)cc(-c5ccc6ccccc6c5)n4)c4ccccc34)cc2-c2cc3ccccc3cc21. The predicted molar refractivity (Wildman–Crippen MR) is 214 cm³/mol. The van der Waals surface area contributed by atoms with Crippen molar-refractivity contribution in [2.75, 3.05) is 0 Å². The fraction of sp³-hybridized carbons (Fsp3) is 0.0612. The van der Waals surface area contributed by atoms with E-state index in [1.165, 1.54) is 60.3 Å². The number of hydrogen-bond acceptors (Lipinski definition) is 2. The molecule has 0 amide bonds. The Morgan fingerprint density at radius 2 is 0.922 bits per heavy atom. The monoisotopic (exact) mass is 650 g/mol. The summed E-state index contributed by atoms with van der Waals surface area (Å²) in [7, 11) is 0. The molecule has 51 heavy (non-hydrogen) atoms. The zero-order valence-electron chi connectivity index (χ0n) is 28.6. The maximum absolute atomic E-state index is 5.26. The minimum Gasteiger partial charge on any atom is -0.228 e. The Morgan fingerprint density at radius 1 is 0.353 bits per heavy atom. The zero-order valence-corrected chi connectivity index (χ0v) is 28.6. The second kappa shape index (κ2) is 11.3. The normalized spacial score (nSPS) is 13.1. The number of nitrogens with zero attached hydrogens (tertiary/aromatic N) is 2. The van der Waals surface area contributed by atoms with Gasteiger partial charge in [0.05, 0.1) is 11.4 Å². The van der Waals surface area contributed by atoms with E-state index in [0.29, 0.717) is 0 Å². The highest BCUT2D eigenvalue weighted by Gasteiger charge is 2.36. The Morgan fingerprint density at radius 3 is 1.69 bits per heavy atom. The van der Waals surface area contributed by atoms with Crippen molar-refractivity contribution in [1.29, 1.82) is 0 Å². The van der Waals surface area contributed by atoms with Crippen LogP contribution in [0.4, 0.5) is 0 Å². The second-order valence-corrected chi connectivity index (χ2v) is 14.2. The van der Waals surface area contributed by atoms with Crippen LogP contribution in [0.2, 0.25) is 0 Å². The van der Waals surface area contributed by atoms with Crippen molar-refractivity contribution < 1.29 is 0 Å². The van der Waals surface area contributed by atoms with Gasteiger partial charge in [-0.1, -0.05) is 147 Å². The number of benzene rings is 8. The molecule has 0 bridgehead atoms. The molecule has 0 radical (unpaired) electrons. The Balaban J connectivity index is 1.14. The van der Waals surface area contributed by atoms with E-state index in [-0.39, 0.29) is 5.41 Å². The van der Waals surface area contributed by atoms with E-state index in [4.69, 9.17) is 9.97 Å². The van der Waals surface area contributed by atoms with Crippen LogP contribution in [0.25, 0.3) is 88.5 Å². The Labute approximate surface area is 297 Å². The largest absolute Gasteiger partial charge is 0.228 e. The van der Waals surface area contributed by atoms with Gasteiger partial charge in [0.25, 0.3) is 0 Å². The Kier molecular flexibility index (Phi) is 6.56. The maximum atomic E-state index is 5.26. The minimum atomic E-state index is -0.0665. The van der Waals surface area contributed by atoms with Crippen molar-refractivity contribution in [3.05, 3.63) is 181 Å². The van der Waals surface area contributed by atoms with Crippen LogP contribution in [-0.4, -0.2) is 9.97 Å². The standard InChI is InChI=1S/C49H34N2/c1-49(2)44-25-22-36(28-42(44)43-27-34-16-8-9-17-35(34)29-45(43)49)38-23-24-41(40-19-11-10-18-39(38)40)48-50-46(32-13-4-3-5-14-32)30-47(51-48)37-21-20-31-12-6-7-15-33(31)26-37/h3-30H,1-2H3.